The molecule has 0 aliphatic rings. The molecule has 50 valence electrons. The minimum atomic E-state index is -0.403. The van der Waals surface area contributed by atoms with Crippen molar-refractivity contribution in [1.29, 1.82) is 0 Å². The van der Waals surface area contributed by atoms with Gasteiger partial charge in [-0.15, -0.1) is 0 Å². The van der Waals surface area contributed by atoms with Crippen LogP contribution in [-0.2, 0) is 9.59 Å². The Bertz CT molecular complexity index is 145. The molecule has 0 bridgehead atoms. The van der Waals surface area contributed by atoms with Gasteiger partial charge in [-0.25, -0.2) is 0 Å². The Morgan fingerprint density at radius 1 is 1.44 bits per heavy atom. The zero-order chi connectivity index (χ0) is 7.28. The smallest absolute Gasteiger partial charge is 0.221 e. The first-order chi connectivity index (χ1) is 4.22. The van der Waals surface area contributed by atoms with Crippen molar-refractivity contribution in [2.45, 2.75) is 20.3 Å². The summed E-state index contributed by atoms with van der Waals surface area (Å²) in [4.78, 5) is 21.0. The maximum absolute atomic E-state index is 10.5. The van der Waals surface area contributed by atoms with Gasteiger partial charge in [0, 0.05) is 6.42 Å². The van der Waals surface area contributed by atoms with Crippen molar-refractivity contribution < 1.29 is 9.59 Å². The van der Waals surface area contributed by atoms with E-state index >= 15 is 0 Å². The molecule has 0 aromatic carbocycles. The number of carbonyl (C=O) groups excluding carboxylic acids is 2. The van der Waals surface area contributed by atoms with Crippen molar-refractivity contribution in [3.8, 4) is 0 Å². The molecule has 0 saturated heterocycles. The zero-order valence-corrected chi connectivity index (χ0v) is 5.68. The van der Waals surface area contributed by atoms with Crippen molar-refractivity contribution >= 4 is 11.6 Å². The molecule has 0 heterocycles. The third-order valence-corrected chi connectivity index (χ3v) is 0.914. The summed E-state index contributed by atoms with van der Waals surface area (Å²) >= 11 is 0. The Hall–Kier alpha value is -0.920. The van der Waals surface area contributed by atoms with Crippen LogP contribution in [-0.4, -0.2) is 11.6 Å². The van der Waals surface area contributed by atoms with Crippen LogP contribution in [0.5, 0.6) is 0 Å². The van der Waals surface area contributed by atoms with E-state index in [1.54, 1.807) is 19.9 Å². The van der Waals surface area contributed by atoms with Crippen LogP contribution in [0.1, 0.15) is 20.3 Å². The number of Topliss-reactive ketones (excluding diaryl/α,β-unsaturated/α-hetero) is 1. The predicted octanol–water partition coefficient (Wildman–Crippen LogP) is 1.11. The summed E-state index contributed by atoms with van der Waals surface area (Å²) in [6.45, 7) is 3.38. The monoisotopic (exact) mass is 126 g/mol. The fourth-order valence-electron chi connectivity index (χ4n) is 0.419. The van der Waals surface area contributed by atoms with Gasteiger partial charge in [0.05, 0.1) is 0 Å². The Balaban J connectivity index is 3.89. The minimum absolute atomic E-state index is 0.295. The summed E-state index contributed by atoms with van der Waals surface area (Å²) in [5.74, 6) is -0.729. The molecular formula is C7H10O2. The van der Waals surface area contributed by atoms with Gasteiger partial charge < -0.3 is 0 Å². The van der Waals surface area contributed by atoms with Crippen LogP contribution in [0.15, 0.2) is 12.2 Å². The molecule has 2 nitrogen and oxygen atoms in total. The molecule has 0 rings (SSSR count). The first-order valence-corrected chi connectivity index (χ1v) is 2.92. The number of hydrogen-bond acceptors (Lipinski definition) is 2. The van der Waals surface area contributed by atoms with Gasteiger partial charge in [-0.1, -0.05) is 13.0 Å². The molecule has 0 fully saturated rings. The second-order valence-electron chi connectivity index (χ2n) is 1.64. The average molecular weight is 126 g/mol. The molecule has 0 unspecified atom stereocenters. The summed E-state index contributed by atoms with van der Waals surface area (Å²) in [5.41, 5.74) is 0. The molecule has 0 atom stereocenters. The SMILES string of the molecule is C/C=C\C(=O)C(=O)CC. The fraction of sp³-hybridized carbons (Fsp3) is 0.429. The van der Waals surface area contributed by atoms with Gasteiger partial charge in [0.2, 0.25) is 11.6 Å². The number of allylic oxidation sites excluding steroid dienone is 2. The quantitative estimate of drug-likeness (QED) is 0.419. The average Bonchev–Trinajstić information content (AvgIpc) is 1.87. The standard InChI is InChI=1S/C7H10O2/c1-3-5-7(9)6(8)4-2/h3,5H,4H2,1-2H3/b5-3-. The van der Waals surface area contributed by atoms with Gasteiger partial charge in [0.15, 0.2) is 0 Å². The summed E-state index contributed by atoms with van der Waals surface area (Å²) in [6, 6.07) is 0. The Labute approximate surface area is 54.6 Å². The van der Waals surface area contributed by atoms with E-state index in [-0.39, 0.29) is 5.78 Å². The maximum atomic E-state index is 10.5. The van der Waals surface area contributed by atoms with E-state index < -0.39 is 5.78 Å². The highest BCUT2D eigenvalue weighted by atomic mass is 16.2. The van der Waals surface area contributed by atoms with Gasteiger partial charge in [0.1, 0.15) is 0 Å². The van der Waals surface area contributed by atoms with E-state index in [9.17, 15) is 9.59 Å². The zero-order valence-electron chi connectivity index (χ0n) is 5.68. The lowest BCUT2D eigenvalue weighted by atomic mass is 10.2. The van der Waals surface area contributed by atoms with Crippen molar-refractivity contribution in [3.63, 3.8) is 0 Å². The van der Waals surface area contributed by atoms with Crippen LogP contribution < -0.4 is 0 Å². The van der Waals surface area contributed by atoms with Gasteiger partial charge in [-0.05, 0) is 13.0 Å². The van der Waals surface area contributed by atoms with E-state index in [1.807, 2.05) is 0 Å². The fourth-order valence-corrected chi connectivity index (χ4v) is 0.419. The third-order valence-electron chi connectivity index (χ3n) is 0.914. The summed E-state index contributed by atoms with van der Waals surface area (Å²) < 4.78 is 0. The largest absolute Gasteiger partial charge is 0.291 e. The van der Waals surface area contributed by atoms with Crippen molar-refractivity contribution in [2.24, 2.45) is 0 Å². The summed E-state index contributed by atoms with van der Waals surface area (Å²) in [7, 11) is 0. The summed E-state index contributed by atoms with van der Waals surface area (Å²) in [6.07, 6.45) is 3.14. The van der Waals surface area contributed by atoms with E-state index in [2.05, 4.69) is 0 Å². The van der Waals surface area contributed by atoms with Crippen molar-refractivity contribution in [3.05, 3.63) is 12.2 Å². The highest BCUT2D eigenvalue weighted by Crippen LogP contribution is 1.84. The van der Waals surface area contributed by atoms with Crippen LogP contribution in [0.4, 0.5) is 0 Å². The minimum Gasteiger partial charge on any atom is -0.291 e. The Kier molecular flexibility index (Phi) is 3.60. The molecule has 0 aromatic heterocycles. The molecule has 0 aliphatic carbocycles. The number of ketones is 2. The topological polar surface area (TPSA) is 34.1 Å². The highest BCUT2D eigenvalue weighted by Gasteiger charge is 2.04. The Morgan fingerprint density at radius 2 is 2.00 bits per heavy atom. The molecule has 0 spiro atoms. The van der Waals surface area contributed by atoms with Crippen LogP contribution >= 0.6 is 0 Å². The number of hydrogen-bond donors (Lipinski definition) is 0. The second kappa shape index (κ2) is 4.01. The number of rotatable bonds is 3. The Morgan fingerprint density at radius 3 is 2.33 bits per heavy atom. The van der Waals surface area contributed by atoms with Crippen LogP contribution in [0.3, 0.4) is 0 Å². The van der Waals surface area contributed by atoms with Gasteiger partial charge in [0.25, 0.3) is 0 Å². The number of carbonyl (C=O) groups is 2. The highest BCUT2D eigenvalue weighted by molar-refractivity contribution is 6.41. The molecule has 9 heavy (non-hydrogen) atoms. The van der Waals surface area contributed by atoms with Gasteiger partial charge in [-0.2, -0.15) is 0 Å². The lowest BCUT2D eigenvalue weighted by Gasteiger charge is -1.85. The van der Waals surface area contributed by atoms with E-state index in [1.165, 1.54) is 6.08 Å². The summed E-state index contributed by atoms with van der Waals surface area (Å²) in [5, 5.41) is 0. The van der Waals surface area contributed by atoms with E-state index in [0.717, 1.165) is 0 Å². The predicted molar refractivity (Wildman–Crippen MR) is 35.1 cm³/mol. The van der Waals surface area contributed by atoms with Crippen LogP contribution in [0.2, 0.25) is 0 Å². The molecule has 0 N–H and O–H groups in total. The van der Waals surface area contributed by atoms with Crippen LogP contribution in [0.25, 0.3) is 0 Å². The van der Waals surface area contributed by atoms with E-state index in [0.29, 0.717) is 6.42 Å². The third kappa shape index (κ3) is 2.80. The van der Waals surface area contributed by atoms with Crippen LogP contribution in [0, 0.1) is 0 Å². The second-order valence-corrected chi connectivity index (χ2v) is 1.64. The molecule has 0 amide bonds. The van der Waals surface area contributed by atoms with Gasteiger partial charge >= 0.3 is 0 Å². The molecule has 0 aliphatic heterocycles. The molecule has 2 heteroatoms. The van der Waals surface area contributed by atoms with Gasteiger partial charge in [-0.3, -0.25) is 9.59 Å². The maximum Gasteiger partial charge on any atom is 0.221 e. The van der Waals surface area contributed by atoms with Crippen molar-refractivity contribution in [2.75, 3.05) is 0 Å². The first-order valence-electron chi connectivity index (χ1n) is 2.92. The lowest BCUT2D eigenvalue weighted by Crippen LogP contribution is -2.08. The molecule has 0 aromatic rings. The van der Waals surface area contributed by atoms with E-state index in [4.69, 9.17) is 0 Å². The molecular weight excluding hydrogens is 116 g/mol. The van der Waals surface area contributed by atoms with Crippen molar-refractivity contribution in [1.82, 2.24) is 0 Å². The molecule has 0 saturated carbocycles. The first kappa shape index (κ1) is 8.08. The normalized spacial score (nSPS) is 10.0. The molecule has 0 radical (unpaired) electrons. The lowest BCUT2D eigenvalue weighted by molar-refractivity contribution is -0.133.